The topological polar surface area (TPSA) is 49.3 Å². The van der Waals surface area contributed by atoms with Crippen molar-refractivity contribution in [2.75, 3.05) is 5.32 Å². The second kappa shape index (κ2) is 5.47. The summed E-state index contributed by atoms with van der Waals surface area (Å²) in [4.78, 5) is 11.9. The molecule has 98 valence electrons. The first-order valence-electron chi connectivity index (χ1n) is 5.21. The number of nitrogens with one attached hydrogen (secondary N) is 1. The highest BCUT2D eigenvalue weighted by Gasteiger charge is 2.09. The molecule has 0 fully saturated rings. The van der Waals surface area contributed by atoms with E-state index in [2.05, 4.69) is 5.32 Å². The van der Waals surface area contributed by atoms with Crippen LogP contribution in [0.4, 0.5) is 10.1 Å². The van der Waals surface area contributed by atoms with Crippen LogP contribution in [0.25, 0.3) is 0 Å². The third kappa shape index (κ3) is 3.36. The van der Waals surface area contributed by atoms with Crippen LogP contribution in [-0.2, 0) is 0 Å². The van der Waals surface area contributed by atoms with Gasteiger partial charge in [0.1, 0.15) is 0 Å². The molecule has 0 atom stereocenters. The van der Waals surface area contributed by atoms with Crippen molar-refractivity contribution in [3.63, 3.8) is 0 Å². The lowest BCUT2D eigenvalue weighted by Gasteiger charge is -2.06. The summed E-state index contributed by atoms with van der Waals surface area (Å²) in [6, 6.07) is 7.93. The predicted molar refractivity (Wildman–Crippen MR) is 72.5 cm³/mol. The molecule has 0 aliphatic carbocycles. The average Bonchev–Trinajstić information content (AvgIpc) is 2.32. The minimum absolute atomic E-state index is 0.219. The summed E-state index contributed by atoms with van der Waals surface area (Å²) in [6.45, 7) is 0. The van der Waals surface area contributed by atoms with Crippen LogP contribution in [0, 0.1) is 5.82 Å². The molecule has 3 nitrogen and oxygen atoms in total. The number of carbonyl (C=O) groups excluding carboxylic acids is 1. The van der Waals surface area contributed by atoms with Gasteiger partial charge in [0.2, 0.25) is 0 Å². The fraction of sp³-hybridized carbons (Fsp3) is 0. The number of anilines is 1. The van der Waals surface area contributed by atoms with Crippen molar-refractivity contribution in [1.29, 1.82) is 0 Å². The molecular weight excluding hydrogens is 292 g/mol. The molecule has 0 aliphatic heterocycles. The lowest BCUT2D eigenvalue weighted by Crippen LogP contribution is -2.12. The fourth-order valence-corrected chi connectivity index (χ4v) is 2.00. The molecule has 1 amide bonds. The van der Waals surface area contributed by atoms with Crippen molar-refractivity contribution < 1.29 is 14.3 Å². The van der Waals surface area contributed by atoms with Crippen LogP contribution in [0.3, 0.4) is 0 Å². The Balaban J connectivity index is 2.22. The van der Waals surface area contributed by atoms with Crippen molar-refractivity contribution in [1.82, 2.24) is 0 Å². The van der Waals surface area contributed by atoms with E-state index >= 15 is 0 Å². The van der Waals surface area contributed by atoms with Crippen molar-refractivity contribution in [2.45, 2.75) is 0 Å². The van der Waals surface area contributed by atoms with Gasteiger partial charge < -0.3 is 10.4 Å². The van der Waals surface area contributed by atoms with Crippen LogP contribution in [0.15, 0.2) is 36.4 Å². The van der Waals surface area contributed by atoms with E-state index in [1.54, 1.807) is 0 Å². The number of benzene rings is 2. The normalized spacial score (nSPS) is 10.3. The molecule has 0 heterocycles. The van der Waals surface area contributed by atoms with Gasteiger partial charge in [0.25, 0.3) is 5.91 Å². The zero-order chi connectivity index (χ0) is 14.0. The summed E-state index contributed by atoms with van der Waals surface area (Å²) >= 11 is 11.6. The molecule has 6 heteroatoms. The van der Waals surface area contributed by atoms with Crippen LogP contribution in [0.5, 0.6) is 5.75 Å². The molecule has 2 rings (SSSR count). The molecule has 2 aromatic rings. The Morgan fingerprint density at radius 3 is 2.32 bits per heavy atom. The van der Waals surface area contributed by atoms with Crippen LogP contribution < -0.4 is 5.32 Å². The Labute approximate surface area is 118 Å². The van der Waals surface area contributed by atoms with Gasteiger partial charge in [-0.05, 0) is 30.3 Å². The summed E-state index contributed by atoms with van der Waals surface area (Å²) in [5.74, 6) is -1.78. The van der Waals surface area contributed by atoms with Gasteiger partial charge in [0.15, 0.2) is 11.6 Å². The van der Waals surface area contributed by atoms with Crippen LogP contribution in [0.2, 0.25) is 10.0 Å². The molecule has 2 aromatic carbocycles. The Kier molecular flexibility index (Phi) is 3.93. The molecule has 0 radical (unpaired) electrons. The van der Waals surface area contributed by atoms with Gasteiger partial charge in [-0.3, -0.25) is 4.79 Å². The van der Waals surface area contributed by atoms with Crippen molar-refractivity contribution in [3.05, 3.63) is 57.8 Å². The van der Waals surface area contributed by atoms with E-state index in [-0.39, 0.29) is 11.3 Å². The van der Waals surface area contributed by atoms with Gasteiger partial charge in [-0.2, -0.15) is 0 Å². The molecule has 2 N–H and O–H groups in total. The van der Waals surface area contributed by atoms with E-state index in [4.69, 9.17) is 28.3 Å². The van der Waals surface area contributed by atoms with Crippen LogP contribution in [-0.4, -0.2) is 11.0 Å². The first kappa shape index (κ1) is 13.6. The zero-order valence-electron chi connectivity index (χ0n) is 9.45. The third-order valence-electron chi connectivity index (χ3n) is 2.33. The number of phenolic OH excluding ortho intramolecular Hbond substituents is 1. The molecule has 0 unspecified atom stereocenters. The third-order valence-corrected chi connectivity index (χ3v) is 2.77. The molecular formula is C13H8Cl2FNO2. The number of halogens is 3. The van der Waals surface area contributed by atoms with Crippen LogP contribution in [0.1, 0.15) is 10.4 Å². The molecule has 0 saturated carbocycles. The molecule has 19 heavy (non-hydrogen) atoms. The Hall–Kier alpha value is -1.78. The minimum atomic E-state index is -0.818. The maximum atomic E-state index is 13.1. The number of carbonyl (C=O) groups is 1. The largest absolute Gasteiger partial charge is 0.505 e. The Morgan fingerprint density at radius 2 is 1.74 bits per heavy atom. The summed E-state index contributed by atoms with van der Waals surface area (Å²) in [6.07, 6.45) is 0. The smallest absolute Gasteiger partial charge is 0.255 e. The van der Waals surface area contributed by atoms with E-state index in [0.29, 0.717) is 10.0 Å². The second-order valence-corrected chi connectivity index (χ2v) is 4.65. The lowest BCUT2D eigenvalue weighted by molar-refractivity contribution is 0.102. The van der Waals surface area contributed by atoms with Crippen molar-refractivity contribution in [2.24, 2.45) is 0 Å². The van der Waals surface area contributed by atoms with Crippen molar-refractivity contribution >= 4 is 34.8 Å². The Morgan fingerprint density at radius 1 is 1.11 bits per heavy atom. The fourth-order valence-electron chi connectivity index (χ4n) is 1.47. The van der Waals surface area contributed by atoms with E-state index in [9.17, 15) is 9.18 Å². The number of phenols is 1. The molecule has 0 aliphatic rings. The van der Waals surface area contributed by atoms with Gasteiger partial charge >= 0.3 is 0 Å². The average molecular weight is 300 g/mol. The van der Waals surface area contributed by atoms with Gasteiger partial charge in [0.05, 0.1) is 0 Å². The second-order valence-electron chi connectivity index (χ2n) is 3.78. The first-order valence-corrected chi connectivity index (χ1v) is 5.97. The Bertz CT molecular complexity index is 626. The quantitative estimate of drug-likeness (QED) is 0.821. The number of rotatable bonds is 2. The summed E-state index contributed by atoms with van der Waals surface area (Å²) < 4.78 is 13.1. The maximum absolute atomic E-state index is 13.1. The monoisotopic (exact) mass is 299 g/mol. The van der Waals surface area contributed by atoms with E-state index in [1.807, 2.05) is 0 Å². The highest BCUT2D eigenvalue weighted by atomic mass is 35.5. The summed E-state index contributed by atoms with van der Waals surface area (Å²) in [7, 11) is 0. The maximum Gasteiger partial charge on any atom is 0.255 e. The highest BCUT2D eigenvalue weighted by molar-refractivity contribution is 6.35. The van der Waals surface area contributed by atoms with E-state index in [1.165, 1.54) is 24.3 Å². The van der Waals surface area contributed by atoms with Gasteiger partial charge in [-0.15, -0.1) is 0 Å². The van der Waals surface area contributed by atoms with Crippen LogP contribution >= 0.6 is 23.2 Å². The zero-order valence-corrected chi connectivity index (χ0v) is 11.0. The molecule has 0 bridgehead atoms. The first-order chi connectivity index (χ1) is 8.95. The predicted octanol–water partition coefficient (Wildman–Crippen LogP) is 4.09. The number of hydrogen-bond donors (Lipinski definition) is 2. The van der Waals surface area contributed by atoms with E-state index in [0.717, 1.165) is 12.1 Å². The minimum Gasteiger partial charge on any atom is -0.505 e. The lowest BCUT2D eigenvalue weighted by atomic mass is 10.2. The van der Waals surface area contributed by atoms with Gasteiger partial charge in [-0.1, -0.05) is 23.2 Å². The SMILES string of the molecule is O=C(Nc1ccc(O)c(F)c1)c1cc(Cl)cc(Cl)c1. The highest BCUT2D eigenvalue weighted by Crippen LogP contribution is 2.22. The molecule has 0 saturated heterocycles. The van der Waals surface area contributed by atoms with E-state index < -0.39 is 17.5 Å². The summed E-state index contributed by atoms with van der Waals surface area (Å²) in [5, 5.41) is 12.2. The molecule has 0 spiro atoms. The molecule has 0 aromatic heterocycles. The number of amides is 1. The number of hydrogen-bond acceptors (Lipinski definition) is 2. The van der Waals surface area contributed by atoms with Gasteiger partial charge in [-0.25, -0.2) is 4.39 Å². The van der Waals surface area contributed by atoms with Gasteiger partial charge in [0, 0.05) is 27.4 Å². The van der Waals surface area contributed by atoms with Crippen molar-refractivity contribution in [3.8, 4) is 5.75 Å². The number of aromatic hydroxyl groups is 1. The standard InChI is InChI=1S/C13H8Cl2FNO2/c14-8-3-7(4-9(15)5-8)13(19)17-10-1-2-12(18)11(16)6-10/h1-6,18H,(H,17,19). The summed E-state index contributed by atoms with van der Waals surface area (Å²) in [5.41, 5.74) is 0.474.